The number of halogens is 2. The van der Waals surface area contributed by atoms with E-state index in [-0.39, 0.29) is 39.3 Å². The Kier molecular flexibility index (Phi) is 9.11. The predicted octanol–water partition coefficient (Wildman–Crippen LogP) is 4.05. The normalized spacial score (nSPS) is 15.7. The molecule has 4 heterocycles. The third-order valence-corrected chi connectivity index (χ3v) is 6.62. The standard InChI is InChI=1S/C25H21F2N7O3S.C2H6/c1-13-24(36)34(8-7-28-13)20-10-15(16-9-18(22(26)27)29-12-19(16)37-2)17(11-30-20)23(35)31-25-33-32-21(38-25)6-5-14-3-4-14;1-2/h7-12,14,21-22,32H,3-4H2,1-2H3,(H,31,33,35);1-2H3. The van der Waals surface area contributed by atoms with Crippen molar-refractivity contribution < 1.29 is 18.3 Å². The summed E-state index contributed by atoms with van der Waals surface area (Å²) in [6, 6.07) is 2.60. The Balaban J connectivity index is 0.00000181. The lowest BCUT2D eigenvalue weighted by atomic mass is 10.00. The number of hydrogen-bond donors (Lipinski definition) is 2. The van der Waals surface area contributed by atoms with Gasteiger partial charge in [-0.3, -0.25) is 34.9 Å². The van der Waals surface area contributed by atoms with Crippen molar-refractivity contribution in [1.29, 1.82) is 0 Å². The van der Waals surface area contributed by atoms with Gasteiger partial charge in [0.2, 0.25) is 0 Å². The van der Waals surface area contributed by atoms with Crippen LogP contribution < -0.4 is 21.0 Å². The number of amidine groups is 1. The van der Waals surface area contributed by atoms with Gasteiger partial charge in [-0.05, 0) is 43.7 Å². The molecule has 10 nitrogen and oxygen atoms in total. The maximum absolute atomic E-state index is 13.5. The molecule has 3 aromatic rings. The number of rotatable bonds is 5. The molecule has 2 N–H and O–H groups in total. The van der Waals surface area contributed by atoms with Crippen LogP contribution in [0.5, 0.6) is 5.75 Å². The highest BCUT2D eigenvalue weighted by Gasteiger charge is 2.25. The molecule has 0 radical (unpaired) electrons. The van der Waals surface area contributed by atoms with Gasteiger partial charge in [0.15, 0.2) is 10.5 Å². The number of methoxy groups -OCH3 is 1. The lowest BCUT2D eigenvalue weighted by Crippen LogP contribution is -2.29. The summed E-state index contributed by atoms with van der Waals surface area (Å²) in [5, 5.41) is 6.85. The van der Waals surface area contributed by atoms with E-state index >= 15 is 0 Å². The third-order valence-electron chi connectivity index (χ3n) is 5.74. The van der Waals surface area contributed by atoms with Gasteiger partial charge in [-0.25, -0.2) is 13.8 Å². The summed E-state index contributed by atoms with van der Waals surface area (Å²) < 4.78 is 33.7. The third kappa shape index (κ3) is 6.45. The maximum Gasteiger partial charge on any atom is 0.280 e. The Bertz CT molecular complexity index is 1560. The molecule has 1 atom stereocenters. The van der Waals surface area contributed by atoms with Crippen LogP contribution in [0.25, 0.3) is 16.9 Å². The minimum absolute atomic E-state index is 0.0492. The molecular weight excluding hydrogens is 540 g/mol. The van der Waals surface area contributed by atoms with Gasteiger partial charge >= 0.3 is 0 Å². The fraction of sp³-hybridized carbons (Fsp3) is 0.333. The Morgan fingerprint density at radius 1 is 1.18 bits per heavy atom. The molecule has 2 aliphatic rings. The van der Waals surface area contributed by atoms with E-state index < -0.39 is 23.6 Å². The van der Waals surface area contributed by atoms with Crippen LogP contribution in [0, 0.1) is 24.7 Å². The SMILES string of the molecule is CC.COc1cnc(C(F)F)cc1-c1cc(-n2ccnc(C)c2=O)ncc1C(=O)NC1=NNC(C#CC2CC2)S1. The Morgan fingerprint density at radius 2 is 1.95 bits per heavy atom. The van der Waals surface area contributed by atoms with Gasteiger partial charge < -0.3 is 4.74 Å². The first kappa shape index (κ1) is 28.7. The molecule has 13 heteroatoms. The molecule has 0 spiro atoms. The number of hydrogen-bond acceptors (Lipinski definition) is 9. The van der Waals surface area contributed by atoms with Gasteiger partial charge in [0.25, 0.3) is 17.9 Å². The van der Waals surface area contributed by atoms with Crippen molar-refractivity contribution in [2.45, 2.75) is 45.4 Å². The Morgan fingerprint density at radius 3 is 2.65 bits per heavy atom. The summed E-state index contributed by atoms with van der Waals surface area (Å²) in [6.45, 7) is 5.55. The fourth-order valence-corrected chi connectivity index (χ4v) is 4.32. The zero-order valence-electron chi connectivity index (χ0n) is 22.2. The number of amides is 1. The number of hydrazone groups is 1. The van der Waals surface area contributed by atoms with E-state index in [0.717, 1.165) is 25.1 Å². The lowest BCUT2D eigenvalue weighted by Gasteiger charge is -2.15. The number of pyridine rings is 2. The van der Waals surface area contributed by atoms with Crippen molar-refractivity contribution in [3.8, 4) is 34.5 Å². The Hall–Kier alpha value is -4.31. The minimum atomic E-state index is -2.85. The largest absolute Gasteiger partial charge is 0.494 e. The summed E-state index contributed by atoms with van der Waals surface area (Å²) in [5.74, 6) is 6.39. The van der Waals surface area contributed by atoms with Crippen LogP contribution in [-0.2, 0) is 0 Å². The van der Waals surface area contributed by atoms with Gasteiger partial charge in [0.05, 0.1) is 18.9 Å². The summed E-state index contributed by atoms with van der Waals surface area (Å²) in [4.78, 5) is 38.1. The van der Waals surface area contributed by atoms with Crippen molar-refractivity contribution in [3.05, 3.63) is 64.2 Å². The van der Waals surface area contributed by atoms with Crippen LogP contribution in [0.4, 0.5) is 8.78 Å². The molecule has 40 heavy (non-hydrogen) atoms. The summed E-state index contributed by atoms with van der Waals surface area (Å²) >= 11 is 1.25. The average molecular weight is 568 g/mol. The van der Waals surface area contributed by atoms with Crippen LogP contribution in [0.1, 0.15) is 54.9 Å². The highest BCUT2D eigenvalue weighted by atomic mass is 32.2. The first-order valence-corrected chi connectivity index (χ1v) is 13.4. The fourth-order valence-electron chi connectivity index (χ4n) is 3.61. The number of aryl methyl sites for hydroxylation is 1. The van der Waals surface area contributed by atoms with E-state index in [1.165, 1.54) is 48.1 Å². The molecule has 0 bridgehead atoms. The minimum Gasteiger partial charge on any atom is -0.494 e. The molecule has 0 aromatic carbocycles. The molecule has 1 amide bonds. The summed E-state index contributed by atoms with van der Waals surface area (Å²) in [6.07, 6.45) is 4.62. The van der Waals surface area contributed by atoms with Crippen LogP contribution in [0.15, 0.2) is 46.8 Å². The van der Waals surface area contributed by atoms with Gasteiger partial charge in [0.1, 0.15) is 23.0 Å². The average Bonchev–Trinajstić information content (AvgIpc) is 3.70. The van der Waals surface area contributed by atoms with Crippen molar-refractivity contribution >= 4 is 22.8 Å². The lowest BCUT2D eigenvalue weighted by molar-refractivity contribution is 0.0978. The number of aromatic nitrogens is 4. The molecule has 5 rings (SSSR count). The van der Waals surface area contributed by atoms with Crippen molar-refractivity contribution in [1.82, 2.24) is 30.3 Å². The second-order valence-electron chi connectivity index (χ2n) is 8.45. The van der Waals surface area contributed by atoms with Gasteiger partial charge in [-0.2, -0.15) is 5.10 Å². The number of nitrogens with zero attached hydrogens (tertiary/aromatic N) is 5. The highest BCUT2D eigenvalue weighted by Crippen LogP contribution is 2.35. The Labute approximate surface area is 233 Å². The second-order valence-corrected chi connectivity index (χ2v) is 9.54. The van der Waals surface area contributed by atoms with Crippen LogP contribution in [0.2, 0.25) is 0 Å². The predicted molar refractivity (Wildman–Crippen MR) is 148 cm³/mol. The van der Waals surface area contributed by atoms with Crippen molar-refractivity contribution in [3.63, 3.8) is 0 Å². The van der Waals surface area contributed by atoms with E-state index in [1.54, 1.807) is 6.92 Å². The number of nitrogens with one attached hydrogen (secondary N) is 2. The summed E-state index contributed by atoms with van der Waals surface area (Å²) in [5.41, 5.74) is 2.62. The van der Waals surface area contributed by atoms with E-state index in [9.17, 15) is 18.4 Å². The number of carbonyl (C=O) groups is 1. The molecule has 1 aliphatic carbocycles. The quantitative estimate of drug-likeness (QED) is 0.443. The maximum atomic E-state index is 13.5. The molecule has 208 valence electrons. The molecule has 3 aromatic heterocycles. The second kappa shape index (κ2) is 12.7. The molecule has 1 fully saturated rings. The topological polar surface area (TPSA) is 123 Å². The first-order chi connectivity index (χ1) is 19.3. The zero-order chi connectivity index (χ0) is 28.8. The van der Waals surface area contributed by atoms with E-state index in [4.69, 9.17) is 4.74 Å². The molecular formula is C27H27F2N7O3S. The number of carbonyl (C=O) groups excluding carboxylic acids is 1. The van der Waals surface area contributed by atoms with E-state index in [0.29, 0.717) is 11.1 Å². The number of thioether (sulfide) groups is 1. The number of alkyl halides is 2. The molecule has 0 saturated heterocycles. The van der Waals surface area contributed by atoms with E-state index in [2.05, 4.69) is 42.6 Å². The monoisotopic (exact) mass is 567 g/mol. The van der Waals surface area contributed by atoms with Crippen LogP contribution >= 0.6 is 11.8 Å². The van der Waals surface area contributed by atoms with Gasteiger partial charge in [0, 0.05) is 35.6 Å². The molecule has 1 unspecified atom stereocenters. The van der Waals surface area contributed by atoms with E-state index in [1.807, 2.05) is 13.8 Å². The first-order valence-electron chi connectivity index (χ1n) is 12.5. The number of ether oxygens (including phenoxy) is 1. The van der Waals surface area contributed by atoms with Crippen molar-refractivity contribution in [2.24, 2.45) is 11.0 Å². The van der Waals surface area contributed by atoms with Crippen LogP contribution in [0.3, 0.4) is 0 Å². The van der Waals surface area contributed by atoms with Gasteiger partial charge in [-0.15, -0.1) is 0 Å². The molecule has 1 saturated carbocycles. The van der Waals surface area contributed by atoms with Gasteiger partial charge in [-0.1, -0.05) is 25.7 Å². The molecule has 1 aliphatic heterocycles. The zero-order valence-corrected chi connectivity index (χ0v) is 23.1. The summed E-state index contributed by atoms with van der Waals surface area (Å²) in [7, 11) is 1.36. The smallest absolute Gasteiger partial charge is 0.280 e. The van der Waals surface area contributed by atoms with Crippen LogP contribution in [-0.4, -0.2) is 43.1 Å². The highest BCUT2D eigenvalue weighted by molar-refractivity contribution is 8.14. The van der Waals surface area contributed by atoms with Crippen molar-refractivity contribution in [2.75, 3.05) is 7.11 Å².